The molecular weight excluding hydrogens is 354 g/mol. The van der Waals surface area contributed by atoms with Gasteiger partial charge < -0.3 is 14.4 Å². The van der Waals surface area contributed by atoms with E-state index in [1.807, 2.05) is 59.0 Å². The third-order valence-corrected chi connectivity index (χ3v) is 4.34. The van der Waals surface area contributed by atoms with E-state index in [2.05, 4.69) is 31.1 Å². The van der Waals surface area contributed by atoms with Crippen LogP contribution in [0.5, 0.6) is 0 Å². The SMILES string of the molecule is Cc1nccn1Cc1cccc(-c2noc(C(C)NC(=O)CC(C)(C)C)n2)c1. The molecule has 2 aromatic heterocycles. The van der Waals surface area contributed by atoms with E-state index in [0.717, 1.165) is 23.5 Å². The van der Waals surface area contributed by atoms with Gasteiger partial charge >= 0.3 is 0 Å². The Hall–Kier alpha value is -2.96. The molecule has 1 N–H and O–H groups in total. The molecule has 0 radical (unpaired) electrons. The van der Waals surface area contributed by atoms with Crippen LogP contribution in [0.4, 0.5) is 0 Å². The van der Waals surface area contributed by atoms with E-state index in [9.17, 15) is 4.79 Å². The standard InChI is InChI=1S/C21H27N5O2/c1-14(23-18(27)12-21(3,4)5)20-24-19(25-28-20)17-8-6-7-16(11-17)13-26-10-9-22-15(26)2/h6-11,14H,12-13H2,1-5H3,(H,23,27). The van der Waals surface area contributed by atoms with Gasteiger partial charge in [0, 0.05) is 30.9 Å². The molecule has 0 spiro atoms. The Balaban J connectivity index is 1.70. The van der Waals surface area contributed by atoms with Gasteiger partial charge in [0.05, 0.1) is 0 Å². The van der Waals surface area contributed by atoms with Crippen LogP contribution in [0.2, 0.25) is 0 Å². The van der Waals surface area contributed by atoms with Gasteiger partial charge in [-0.3, -0.25) is 4.79 Å². The summed E-state index contributed by atoms with van der Waals surface area (Å²) >= 11 is 0. The van der Waals surface area contributed by atoms with Crippen LogP contribution in [0.15, 0.2) is 41.2 Å². The van der Waals surface area contributed by atoms with Crippen molar-refractivity contribution in [2.45, 2.75) is 53.6 Å². The van der Waals surface area contributed by atoms with Crippen LogP contribution in [-0.2, 0) is 11.3 Å². The van der Waals surface area contributed by atoms with Crippen LogP contribution in [-0.4, -0.2) is 25.6 Å². The second-order valence-electron chi connectivity index (χ2n) is 8.29. The van der Waals surface area contributed by atoms with E-state index in [4.69, 9.17) is 4.52 Å². The normalized spacial score (nSPS) is 12.8. The fourth-order valence-electron chi connectivity index (χ4n) is 2.94. The van der Waals surface area contributed by atoms with Gasteiger partial charge in [-0.2, -0.15) is 4.98 Å². The molecule has 0 bridgehead atoms. The van der Waals surface area contributed by atoms with Gasteiger partial charge in [0.25, 0.3) is 0 Å². The van der Waals surface area contributed by atoms with Gasteiger partial charge in [0.2, 0.25) is 17.6 Å². The molecule has 7 nitrogen and oxygen atoms in total. The van der Waals surface area contributed by atoms with E-state index in [-0.39, 0.29) is 17.4 Å². The number of nitrogens with zero attached hydrogens (tertiary/aromatic N) is 4. The fraction of sp³-hybridized carbons (Fsp3) is 0.429. The van der Waals surface area contributed by atoms with Crippen LogP contribution in [0.3, 0.4) is 0 Å². The zero-order valence-electron chi connectivity index (χ0n) is 17.1. The first-order chi connectivity index (χ1) is 13.2. The van der Waals surface area contributed by atoms with E-state index in [0.29, 0.717) is 18.1 Å². The Morgan fingerprint density at radius 1 is 1.32 bits per heavy atom. The summed E-state index contributed by atoms with van der Waals surface area (Å²) in [4.78, 5) is 20.9. The maximum Gasteiger partial charge on any atom is 0.249 e. The summed E-state index contributed by atoms with van der Waals surface area (Å²) in [6, 6.07) is 7.67. The first kappa shape index (κ1) is 19.8. The van der Waals surface area contributed by atoms with Gasteiger partial charge in [0.1, 0.15) is 11.9 Å². The Morgan fingerprint density at radius 3 is 2.79 bits per heavy atom. The average molecular weight is 381 g/mol. The lowest BCUT2D eigenvalue weighted by atomic mass is 9.92. The summed E-state index contributed by atoms with van der Waals surface area (Å²) in [6.45, 7) is 10.6. The molecule has 0 aliphatic heterocycles. The molecule has 0 aliphatic carbocycles. The van der Waals surface area contributed by atoms with Crippen molar-refractivity contribution in [3.63, 3.8) is 0 Å². The van der Waals surface area contributed by atoms with Crippen LogP contribution >= 0.6 is 0 Å². The Labute approximate surface area is 165 Å². The molecule has 3 rings (SSSR count). The number of rotatable bonds is 6. The van der Waals surface area contributed by atoms with Gasteiger partial charge in [-0.25, -0.2) is 4.98 Å². The van der Waals surface area contributed by atoms with E-state index in [1.165, 1.54) is 0 Å². The molecule has 1 unspecified atom stereocenters. The number of aryl methyl sites for hydroxylation is 1. The van der Waals surface area contributed by atoms with Crippen molar-refractivity contribution in [1.29, 1.82) is 0 Å². The smallest absolute Gasteiger partial charge is 0.249 e. The van der Waals surface area contributed by atoms with Crippen molar-refractivity contribution in [2.75, 3.05) is 0 Å². The average Bonchev–Trinajstić information content (AvgIpc) is 3.23. The zero-order chi connectivity index (χ0) is 20.3. The third-order valence-electron chi connectivity index (χ3n) is 4.34. The second-order valence-corrected chi connectivity index (χ2v) is 8.29. The lowest BCUT2D eigenvalue weighted by Gasteiger charge is -2.18. The summed E-state index contributed by atoms with van der Waals surface area (Å²) in [7, 11) is 0. The van der Waals surface area contributed by atoms with E-state index >= 15 is 0 Å². The zero-order valence-corrected chi connectivity index (χ0v) is 17.1. The quantitative estimate of drug-likeness (QED) is 0.700. The summed E-state index contributed by atoms with van der Waals surface area (Å²) in [5.41, 5.74) is 1.92. The fourth-order valence-corrected chi connectivity index (χ4v) is 2.94. The molecule has 1 atom stereocenters. The highest BCUT2D eigenvalue weighted by Crippen LogP contribution is 2.22. The predicted molar refractivity (Wildman–Crippen MR) is 106 cm³/mol. The molecule has 1 aromatic carbocycles. The van der Waals surface area contributed by atoms with Crippen molar-refractivity contribution < 1.29 is 9.32 Å². The largest absolute Gasteiger partial charge is 0.345 e. The summed E-state index contributed by atoms with van der Waals surface area (Å²) in [6.07, 6.45) is 4.18. The Morgan fingerprint density at radius 2 is 2.11 bits per heavy atom. The predicted octanol–water partition coefficient (Wildman–Crippen LogP) is 3.90. The molecule has 28 heavy (non-hydrogen) atoms. The molecule has 0 saturated carbocycles. The lowest BCUT2D eigenvalue weighted by Crippen LogP contribution is -2.30. The van der Waals surface area contributed by atoms with Crippen LogP contribution in [0.1, 0.15) is 57.4 Å². The molecule has 3 aromatic rings. The molecular formula is C21H27N5O2. The number of imidazole rings is 1. The monoisotopic (exact) mass is 381 g/mol. The maximum absolute atomic E-state index is 12.1. The summed E-state index contributed by atoms with van der Waals surface area (Å²) < 4.78 is 7.46. The van der Waals surface area contributed by atoms with Gasteiger partial charge in [0.15, 0.2) is 0 Å². The first-order valence-corrected chi connectivity index (χ1v) is 9.41. The minimum Gasteiger partial charge on any atom is -0.345 e. The number of hydrogen-bond donors (Lipinski definition) is 1. The molecule has 0 aliphatic rings. The van der Waals surface area contributed by atoms with E-state index in [1.54, 1.807) is 6.20 Å². The van der Waals surface area contributed by atoms with Crippen molar-refractivity contribution in [3.8, 4) is 11.4 Å². The number of hydrogen-bond acceptors (Lipinski definition) is 5. The molecule has 2 heterocycles. The van der Waals surface area contributed by atoms with Gasteiger partial charge in [-0.05, 0) is 30.9 Å². The van der Waals surface area contributed by atoms with E-state index < -0.39 is 0 Å². The van der Waals surface area contributed by atoms with Crippen LogP contribution in [0, 0.1) is 12.3 Å². The number of carbonyl (C=O) groups excluding carboxylic acids is 1. The number of nitrogens with one attached hydrogen (secondary N) is 1. The molecule has 148 valence electrons. The minimum atomic E-state index is -0.340. The summed E-state index contributed by atoms with van der Waals surface area (Å²) in [5.74, 6) is 1.84. The highest BCUT2D eigenvalue weighted by Gasteiger charge is 2.21. The van der Waals surface area contributed by atoms with Crippen LogP contribution in [0.25, 0.3) is 11.4 Å². The number of carbonyl (C=O) groups is 1. The number of amides is 1. The number of aromatic nitrogens is 4. The molecule has 0 fully saturated rings. The Bertz CT molecular complexity index is 952. The topological polar surface area (TPSA) is 85.8 Å². The van der Waals surface area contributed by atoms with Gasteiger partial charge in [-0.15, -0.1) is 0 Å². The van der Waals surface area contributed by atoms with Crippen molar-refractivity contribution in [2.24, 2.45) is 5.41 Å². The summed E-state index contributed by atoms with van der Waals surface area (Å²) in [5, 5.41) is 7.01. The van der Waals surface area contributed by atoms with Crippen molar-refractivity contribution in [3.05, 3.63) is 53.9 Å². The lowest BCUT2D eigenvalue weighted by molar-refractivity contribution is -0.123. The highest BCUT2D eigenvalue weighted by molar-refractivity contribution is 5.76. The van der Waals surface area contributed by atoms with Crippen molar-refractivity contribution in [1.82, 2.24) is 25.0 Å². The Kier molecular flexibility index (Phi) is 5.63. The minimum absolute atomic E-state index is 0.0301. The number of benzene rings is 1. The molecule has 1 amide bonds. The molecule has 7 heteroatoms. The first-order valence-electron chi connectivity index (χ1n) is 9.41. The molecule has 0 saturated heterocycles. The van der Waals surface area contributed by atoms with Crippen molar-refractivity contribution >= 4 is 5.91 Å². The third kappa shape index (κ3) is 5.06. The second kappa shape index (κ2) is 7.96. The van der Waals surface area contributed by atoms with Gasteiger partial charge in [-0.1, -0.05) is 44.1 Å². The highest BCUT2D eigenvalue weighted by atomic mass is 16.5. The maximum atomic E-state index is 12.1. The van der Waals surface area contributed by atoms with Crippen LogP contribution < -0.4 is 5.32 Å².